The van der Waals surface area contributed by atoms with Gasteiger partial charge in [0.15, 0.2) is 4.77 Å². The van der Waals surface area contributed by atoms with Crippen LogP contribution in [0.4, 0.5) is 5.95 Å². The highest BCUT2D eigenvalue weighted by Gasteiger charge is 2.27. The summed E-state index contributed by atoms with van der Waals surface area (Å²) in [5.41, 5.74) is 0. The van der Waals surface area contributed by atoms with Crippen LogP contribution in [0.15, 0.2) is 0 Å². The van der Waals surface area contributed by atoms with Gasteiger partial charge >= 0.3 is 0 Å². The lowest BCUT2D eigenvalue weighted by molar-refractivity contribution is 0.251. The van der Waals surface area contributed by atoms with Crippen molar-refractivity contribution in [3.05, 3.63) is 4.77 Å². The second-order valence-electron chi connectivity index (χ2n) is 6.28. The Balaban J connectivity index is 1.81. The summed E-state index contributed by atoms with van der Waals surface area (Å²) in [7, 11) is 4.37. The van der Waals surface area contributed by atoms with E-state index >= 15 is 0 Å². The van der Waals surface area contributed by atoms with Crippen LogP contribution >= 0.6 is 12.2 Å². The van der Waals surface area contributed by atoms with E-state index in [9.17, 15) is 0 Å². The smallest absolute Gasteiger partial charge is 0.225 e. The molecule has 2 fully saturated rings. The molecule has 1 saturated heterocycles. The molecule has 2 heterocycles. The molecule has 112 valence electrons. The Morgan fingerprint density at radius 3 is 2.50 bits per heavy atom. The predicted octanol–water partition coefficient (Wildman–Crippen LogP) is 2.59. The second kappa shape index (κ2) is 5.85. The Kier molecular flexibility index (Phi) is 4.12. The maximum atomic E-state index is 5.46. The van der Waals surface area contributed by atoms with Crippen molar-refractivity contribution in [2.24, 2.45) is 0 Å². The summed E-state index contributed by atoms with van der Waals surface area (Å²) in [6.07, 6.45) is 7.52. The van der Waals surface area contributed by atoms with Crippen LogP contribution in [-0.2, 0) is 0 Å². The second-order valence-corrected chi connectivity index (χ2v) is 6.67. The molecule has 0 bridgehead atoms. The van der Waals surface area contributed by atoms with Crippen molar-refractivity contribution in [3.63, 3.8) is 0 Å². The molecule has 0 spiro atoms. The van der Waals surface area contributed by atoms with Crippen molar-refractivity contribution in [3.8, 4) is 0 Å². The van der Waals surface area contributed by atoms with Crippen molar-refractivity contribution in [2.75, 3.05) is 32.1 Å². The van der Waals surface area contributed by atoms with E-state index in [0.717, 1.165) is 10.7 Å². The number of anilines is 1. The third-order valence-electron chi connectivity index (χ3n) is 4.93. The zero-order valence-corrected chi connectivity index (χ0v) is 13.3. The lowest BCUT2D eigenvalue weighted by atomic mass is 10.0. The number of hydrogen-bond acceptors (Lipinski definition) is 4. The molecule has 0 radical (unpaired) electrons. The fraction of sp³-hybridized carbons (Fsp3) is 0.857. The molecule has 5 nitrogen and oxygen atoms in total. The van der Waals surface area contributed by atoms with Crippen LogP contribution in [0.2, 0.25) is 0 Å². The van der Waals surface area contributed by atoms with Crippen LogP contribution in [-0.4, -0.2) is 52.9 Å². The number of aromatic nitrogens is 3. The number of rotatable bonds is 3. The molecule has 0 amide bonds. The van der Waals surface area contributed by atoms with Crippen LogP contribution in [0.5, 0.6) is 0 Å². The van der Waals surface area contributed by atoms with Gasteiger partial charge < -0.3 is 9.80 Å². The SMILES string of the molecule is CN1CCC(N(C)c2n[nH]c(=S)n2C2CCCC2)CC1. The van der Waals surface area contributed by atoms with E-state index in [-0.39, 0.29) is 0 Å². The average molecular weight is 295 g/mol. The molecule has 6 heteroatoms. The van der Waals surface area contributed by atoms with E-state index < -0.39 is 0 Å². The van der Waals surface area contributed by atoms with E-state index in [2.05, 4.69) is 38.7 Å². The van der Waals surface area contributed by atoms with Crippen LogP contribution < -0.4 is 4.90 Å². The van der Waals surface area contributed by atoms with Gasteiger partial charge in [-0.25, -0.2) is 5.10 Å². The van der Waals surface area contributed by atoms with Gasteiger partial charge in [0.2, 0.25) is 5.95 Å². The highest BCUT2D eigenvalue weighted by Crippen LogP contribution is 2.33. The van der Waals surface area contributed by atoms with Crippen molar-refractivity contribution < 1.29 is 0 Å². The number of H-pyrrole nitrogens is 1. The highest BCUT2D eigenvalue weighted by atomic mass is 32.1. The number of aromatic amines is 1. The molecule has 1 N–H and O–H groups in total. The Labute approximate surface area is 126 Å². The minimum atomic E-state index is 0.546. The largest absolute Gasteiger partial charge is 0.341 e. The lowest BCUT2D eigenvalue weighted by Gasteiger charge is -2.36. The first-order valence-electron chi connectivity index (χ1n) is 7.75. The van der Waals surface area contributed by atoms with Crippen molar-refractivity contribution in [1.82, 2.24) is 19.7 Å². The topological polar surface area (TPSA) is 40.1 Å². The van der Waals surface area contributed by atoms with E-state index in [1.54, 1.807) is 0 Å². The number of piperidine rings is 1. The molecule has 1 saturated carbocycles. The van der Waals surface area contributed by atoms with Crippen LogP contribution in [0.3, 0.4) is 0 Å². The Hall–Kier alpha value is -0.880. The third-order valence-corrected chi connectivity index (χ3v) is 5.21. The molecule has 0 unspecified atom stereocenters. The predicted molar refractivity (Wildman–Crippen MR) is 83.8 cm³/mol. The first-order valence-corrected chi connectivity index (χ1v) is 8.16. The summed E-state index contributed by atoms with van der Waals surface area (Å²) in [5, 5.41) is 7.52. The summed E-state index contributed by atoms with van der Waals surface area (Å²) in [6.45, 7) is 2.34. The molecule has 2 aliphatic rings. The fourth-order valence-corrected chi connectivity index (χ4v) is 3.86. The molecular formula is C14H25N5S. The first-order chi connectivity index (χ1) is 9.66. The average Bonchev–Trinajstić information content (AvgIpc) is 3.07. The normalized spacial score (nSPS) is 22.5. The summed E-state index contributed by atoms with van der Waals surface area (Å²) < 4.78 is 3.05. The maximum Gasteiger partial charge on any atom is 0.225 e. The molecule has 3 rings (SSSR count). The van der Waals surface area contributed by atoms with Crippen LogP contribution in [0, 0.1) is 4.77 Å². The lowest BCUT2D eigenvalue weighted by Crippen LogP contribution is -2.43. The van der Waals surface area contributed by atoms with Gasteiger partial charge in [0.1, 0.15) is 0 Å². The van der Waals surface area contributed by atoms with Gasteiger partial charge in [0.25, 0.3) is 0 Å². The zero-order valence-electron chi connectivity index (χ0n) is 12.5. The van der Waals surface area contributed by atoms with Gasteiger partial charge in [-0.05, 0) is 58.0 Å². The van der Waals surface area contributed by atoms with Crippen LogP contribution in [0.25, 0.3) is 0 Å². The Morgan fingerprint density at radius 2 is 1.85 bits per heavy atom. The first kappa shape index (κ1) is 14.1. The molecule has 20 heavy (non-hydrogen) atoms. The van der Waals surface area contributed by atoms with Gasteiger partial charge in [-0.3, -0.25) is 4.57 Å². The summed E-state index contributed by atoms with van der Waals surface area (Å²) >= 11 is 5.46. The molecular weight excluding hydrogens is 270 g/mol. The number of nitrogens with one attached hydrogen (secondary N) is 1. The summed E-state index contributed by atoms with van der Waals surface area (Å²) in [6, 6.07) is 1.13. The third kappa shape index (κ3) is 2.63. The molecule has 0 aromatic carbocycles. The number of nitrogens with zero attached hydrogens (tertiary/aromatic N) is 4. The van der Waals surface area contributed by atoms with E-state index in [1.165, 1.54) is 51.6 Å². The monoisotopic (exact) mass is 295 g/mol. The molecule has 1 aliphatic heterocycles. The van der Waals surface area contributed by atoms with E-state index in [1.807, 2.05) is 0 Å². The van der Waals surface area contributed by atoms with E-state index in [4.69, 9.17) is 12.2 Å². The molecule has 1 aromatic heterocycles. The zero-order chi connectivity index (χ0) is 14.1. The minimum Gasteiger partial charge on any atom is -0.341 e. The number of hydrogen-bond donors (Lipinski definition) is 1. The van der Waals surface area contributed by atoms with Gasteiger partial charge in [-0.1, -0.05) is 12.8 Å². The molecule has 1 aromatic rings. The fourth-order valence-electron chi connectivity index (χ4n) is 3.58. The maximum absolute atomic E-state index is 5.46. The van der Waals surface area contributed by atoms with Gasteiger partial charge in [0, 0.05) is 19.1 Å². The quantitative estimate of drug-likeness (QED) is 0.870. The van der Waals surface area contributed by atoms with Gasteiger partial charge in [-0.2, -0.15) is 0 Å². The Bertz CT molecular complexity index is 494. The highest BCUT2D eigenvalue weighted by molar-refractivity contribution is 7.71. The van der Waals surface area contributed by atoms with Crippen molar-refractivity contribution >= 4 is 18.2 Å². The minimum absolute atomic E-state index is 0.546. The summed E-state index contributed by atoms with van der Waals surface area (Å²) in [4.78, 5) is 4.75. The summed E-state index contributed by atoms with van der Waals surface area (Å²) in [5.74, 6) is 1.04. The van der Waals surface area contributed by atoms with Crippen molar-refractivity contribution in [2.45, 2.75) is 50.6 Å². The van der Waals surface area contributed by atoms with Gasteiger partial charge in [0.05, 0.1) is 0 Å². The number of likely N-dealkylation sites (tertiary alicyclic amines) is 1. The van der Waals surface area contributed by atoms with E-state index in [0.29, 0.717) is 12.1 Å². The van der Waals surface area contributed by atoms with Gasteiger partial charge in [-0.15, -0.1) is 5.10 Å². The Morgan fingerprint density at radius 1 is 1.20 bits per heavy atom. The van der Waals surface area contributed by atoms with Crippen LogP contribution in [0.1, 0.15) is 44.6 Å². The molecule has 0 atom stereocenters. The molecule has 1 aliphatic carbocycles. The van der Waals surface area contributed by atoms with Crippen molar-refractivity contribution in [1.29, 1.82) is 0 Å². The standard InChI is InChI=1S/C14H25N5S/c1-17-9-7-11(8-10-17)18(2)13-15-16-14(20)19(13)12-5-3-4-6-12/h11-12H,3-10H2,1-2H3,(H,16,20).